The third-order valence-electron chi connectivity index (χ3n) is 4.58. The van der Waals surface area contributed by atoms with E-state index in [0.717, 1.165) is 11.3 Å². The van der Waals surface area contributed by atoms with E-state index in [-0.39, 0.29) is 9.90 Å². The minimum atomic E-state index is -3.66. The molecule has 1 aliphatic heterocycles. The van der Waals surface area contributed by atoms with Gasteiger partial charge in [0.05, 0.1) is 10.9 Å². The van der Waals surface area contributed by atoms with Crippen molar-refractivity contribution in [3.8, 4) is 0 Å². The Labute approximate surface area is 171 Å². The minimum absolute atomic E-state index is 0.119. The van der Waals surface area contributed by atoms with Gasteiger partial charge in [-0.05, 0) is 49.2 Å². The van der Waals surface area contributed by atoms with Crippen molar-refractivity contribution in [2.45, 2.75) is 23.8 Å². The Kier molecular flexibility index (Phi) is 5.39. The number of carbonyl (C=O) groups excluding carboxylic acids is 1. The molecular formula is C19H17FN4O3S2. The van der Waals surface area contributed by atoms with Crippen LogP contribution < -0.4 is 5.32 Å². The number of hydrogen-bond donors (Lipinski definition) is 1. The number of carbonyl (C=O) groups is 1. The minimum Gasteiger partial charge on any atom is -0.320 e. The van der Waals surface area contributed by atoms with Crippen molar-refractivity contribution in [2.75, 3.05) is 11.9 Å². The lowest BCUT2D eigenvalue weighted by molar-refractivity contribution is 0.102. The quantitative estimate of drug-likeness (QED) is 0.667. The number of benzene rings is 2. The Balaban J connectivity index is 1.54. The predicted molar refractivity (Wildman–Crippen MR) is 107 cm³/mol. The highest BCUT2D eigenvalue weighted by Crippen LogP contribution is 2.37. The zero-order valence-corrected chi connectivity index (χ0v) is 16.8. The zero-order valence-electron chi connectivity index (χ0n) is 15.2. The van der Waals surface area contributed by atoms with Crippen LogP contribution in [-0.4, -0.2) is 35.4 Å². The average molecular weight is 433 g/mol. The maximum Gasteiger partial charge on any atom is 0.286 e. The molecule has 0 aliphatic carbocycles. The van der Waals surface area contributed by atoms with E-state index >= 15 is 0 Å². The Hall–Kier alpha value is -2.69. The summed E-state index contributed by atoms with van der Waals surface area (Å²) < 4.78 is 40.4. The Bertz CT molecular complexity index is 1120. The van der Waals surface area contributed by atoms with E-state index in [4.69, 9.17) is 0 Å². The SMILES string of the molecule is O=C(Nc1ccc(F)cc1)c1nnc(C2CCCN2S(=O)(=O)c2ccccc2)s1. The largest absolute Gasteiger partial charge is 0.320 e. The lowest BCUT2D eigenvalue weighted by Gasteiger charge is -2.22. The van der Waals surface area contributed by atoms with Gasteiger partial charge in [-0.15, -0.1) is 10.2 Å². The standard InChI is InChI=1S/C19H17FN4O3S2/c20-13-8-10-14(11-9-13)21-17(25)19-23-22-18(28-19)16-7-4-12-24(16)29(26,27)15-5-2-1-3-6-15/h1-3,5-6,8-11,16H,4,7,12H2,(H,21,25). The van der Waals surface area contributed by atoms with Gasteiger partial charge in [-0.25, -0.2) is 12.8 Å². The Morgan fingerprint density at radius 2 is 1.83 bits per heavy atom. The van der Waals surface area contributed by atoms with E-state index < -0.39 is 27.8 Å². The fraction of sp³-hybridized carbons (Fsp3) is 0.211. The molecule has 0 bridgehead atoms. The highest BCUT2D eigenvalue weighted by atomic mass is 32.2. The van der Waals surface area contributed by atoms with Gasteiger partial charge in [0.2, 0.25) is 15.0 Å². The Morgan fingerprint density at radius 1 is 1.10 bits per heavy atom. The molecule has 0 saturated carbocycles. The monoisotopic (exact) mass is 432 g/mol. The molecule has 1 fully saturated rings. The molecule has 1 amide bonds. The first kappa shape index (κ1) is 19.6. The van der Waals surface area contributed by atoms with Gasteiger partial charge >= 0.3 is 0 Å². The van der Waals surface area contributed by atoms with Gasteiger partial charge < -0.3 is 5.32 Å². The number of anilines is 1. The maximum atomic E-state index is 13.0. The van der Waals surface area contributed by atoms with E-state index in [1.54, 1.807) is 30.3 Å². The molecule has 1 aromatic heterocycles. The van der Waals surface area contributed by atoms with Crippen LogP contribution in [0.5, 0.6) is 0 Å². The normalized spacial score (nSPS) is 17.3. The van der Waals surface area contributed by atoms with E-state index in [1.165, 1.54) is 28.6 Å². The van der Waals surface area contributed by atoms with Crippen molar-refractivity contribution >= 4 is 33.0 Å². The Morgan fingerprint density at radius 3 is 2.55 bits per heavy atom. The second-order valence-corrected chi connectivity index (χ2v) is 9.39. The molecule has 7 nitrogen and oxygen atoms in total. The highest BCUT2D eigenvalue weighted by Gasteiger charge is 2.38. The highest BCUT2D eigenvalue weighted by molar-refractivity contribution is 7.89. The van der Waals surface area contributed by atoms with Gasteiger partial charge in [0.25, 0.3) is 5.91 Å². The molecule has 10 heteroatoms. The fourth-order valence-corrected chi connectivity index (χ4v) is 5.82. The van der Waals surface area contributed by atoms with Crippen LogP contribution in [0.4, 0.5) is 10.1 Å². The first-order valence-corrected chi connectivity index (χ1v) is 11.2. The third kappa shape index (κ3) is 4.04. The molecule has 0 radical (unpaired) electrons. The van der Waals surface area contributed by atoms with Crippen LogP contribution in [0.25, 0.3) is 0 Å². The lowest BCUT2D eigenvalue weighted by atomic mass is 10.2. The first-order valence-electron chi connectivity index (χ1n) is 8.92. The van der Waals surface area contributed by atoms with Crippen LogP contribution >= 0.6 is 11.3 Å². The number of sulfonamides is 1. The summed E-state index contributed by atoms with van der Waals surface area (Å²) >= 11 is 1.06. The number of nitrogens with zero attached hydrogens (tertiary/aromatic N) is 3. The maximum absolute atomic E-state index is 13.0. The topological polar surface area (TPSA) is 92.3 Å². The molecule has 150 valence electrons. The van der Waals surface area contributed by atoms with Crippen molar-refractivity contribution < 1.29 is 17.6 Å². The zero-order chi connectivity index (χ0) is 20.4. The molecule has 3 aromatic rings. The number of aromatic nitrogens is 2. The van der Waals surface area contributed by atoms with Gasteiger partial charge in [0.1, 0.15) is 10.8 Å². The molecule has 1 N–H and O–H groups in total. The molecule has 4 rings (SSSR count). The van der Waals surface area contributed by atoms with Gasteiger partial charge in [-0.1, -0.05) is 29.5 Å². The first-order chi connectivity index (χ1) is 13.9. The summed E-state index contributed by atoms with van der Waals surface area (Å²) in [4.78, 5) is 12.6. The molecule has 1 aliphatic rings. The van der Waals surface area contributed by atoms with E-state index in [9.17, 15) is 17.6 Å². The van der Waals surface area contributed by atoms with Crippen molar-refractivity contribution in [1.29, 1.82) is 0 Å². The molecule has 1 unspecified atom stereocenters. The average Bonchev–Trinajstić information content (AvgIpc) is 3.40. The number of rotatable bonds is 5. The number of nitrogens with one attached hydrogen (secondary N) is 1. The second kappa shape index (κ2) is 7.97. The van der Waals surface area contributed by atoms with Gasteiger partial charge in [-0.3, -0.25) is 4.79 Å². The smallest absolute Gasteiger partial charge is 0.286 e. The summed E-state index contributed by atoms with van der Waals surface area (Å²) in [5.74, 6) is -0.877. The van der Waals surface area contributed by atoms with E-state index in [0.29, 0.717) is 30.1 Å². The molecule has 1 atom stereocenters. The van der Waals surface area contributed by atoms with E-state index in [1.807, 2.05) is 0 Å². The summed E-state index contributed by atoms with van der Waals surface area (Å²) in [6, 6.07) is 13.2. The van der Waals surface area contributed by atoms with E-state index in [2.05, 4.69) is 15.5 Å². The van der Waals surface area contributed by atoms with Crippen molar-refractivity contribution in [2.24, 2.45) is 0 Å². The summed E-state index contributed by atoms with van der Waals surface area (Å²) in [6.45, 7) is 0.387. The molecule has 2 heterocycles. The molecular weight excluding hydrogens is 415 g/mol. The number of hydrogen-bond acceptors (Lipinski definition) is 6. The summed E-state index contributed by atoms with van der Waals surface area (Å²) in [7, 11) is -3.66. The van der Waals surface area contributed by atoms with Crippen molar-refractivity contribution in [3.63, 3.8) is 0 Å². The van der Waals surface area contributed by atoms with Crippen LogP contribution in [0, 0.1) is 5.82 Å². The number of amides is 1. The third-order valence-corrected chi connectivity index (χ3v) is 7.52. The molecule has 29 heavy (non-hydrogen) atoms. The van der Waals surface area contributed by atoms with Crippen LogP contribution in [-0.2, 0) is 10.0 Å². The summed E-state index contributed by atoms with van der Waals surface area (Å²) in [6.07, 6.45) is 1.31. The summed E-state index contributed by atoms with van der Waals surface area (Å²) in [5.41, 5.74) is 0.433. The predicted octanol–water partition coefficient (Wildman–Crippen LogP) is 3.46. The van der Waals surface area contributed by atoms with Crippen LogP contribution in [0.2, 0.25) is 0 Å². The van der Waals surface area contributed by atoms with Gasteiger partial charge in [0, 0.05) is 12.2 Å². The van der Waals surface area contributed by atoms with Crippen molar-refractivity contribution in [1.82, 2.24) is 14.5 Å². The lowest BCUT2D eigenvalue weighted by Crippen LogP contribution is -2.30. The van der Waals surface area contributed by atoms with Crippen LogP contribution in [0.3, 0.4) is 0 Å². The van der Waals surface area contributed by atoms with Gasteiger partial charge in [0.15, 0.2) is 0 Å². The van der Waals surface area contributed by atoms with Gasteiger partial charge in [-0.2, -0.15) is 4.31 Å². The molecule has 2 aromatic carbocycles. The second-order valence-electron chi connectivity index (χ2n) is 6.49. The summed E-state index contributed by atoms with van der Waals surface area (Å²) in [5, 5.41) is 11.2. The molecule has 0 spiro atoms. The van der Waals surface area contributed by atoms with Crippen molar-refractivity contribution in [3.05, 3.63) is 70.4 Å². The fourth-order valence-electron chi connectivity index (χ4n) is 3.18. The van der Waals surface area contributed by atoms with Crippen LogP contribution in [0.15, 0.2) is 59.5 Å². The molecule has 1 saturated heterocycles. The number of halogens is 1. The van der Waals surface area contributed by atoms with Crippen LogP contribution in [0.1, 0.15) is 33.7 Å².